The first-order valence-electron chi connectivity index (χ1n) is 6.33. The third kappa shape index (κ3) is 4.03. The molecular weight excluding hydrogens is 246 g/mol. The smallest absolute Gasteiger partial charge is 0.232 e. The van der Waals surface area contributed by atoms with Gasteiger partial charge in [0.25, 0.3) is 0 Å². The summed E-state index contributed by atoms with van der Waals surface area (Å²) in [5.74, 6) is 1.65. The number of aliphatic hydroxyl groups is 1. The van der Waals surface area contributed by atoms with Crippen LogP contribution in [0.4, 0.5) is 0 Å². The highest BCUT2D eigenvalue weighted by Gasteiger charge is 2.23. The van der Waals surface area contributed by atoms with Gasteiger partial charge in [0, 0.05) is 13.1 Å². The molecule has 18 heavy (non-hydrogen) atoms. The van der Waals surface area contributed by atoms with Gasteiger partial charge in [-0.1, -0.05) is 30.3 Å². The van der Waals surface area contributed by atoms with Crippen LogP contribution in [0.2, 0.25) is 0 Å². The summed E-state index contributed by atoms with van der Waals surface area (Å²) in [5.41, 5.74) is 1.31. The van der Waals surface area contributed by atoms with E-state index in [0.717, 1.165) is 18.6 Å². The highest BCUT2D eigenvalue weighted by Crippen LogP contribution is 2.12. The molecule has 1 amide bonds. The van der Waals surface area contributed by atoms with Gasteiger partial charge in [0.1, 0.15) is 0 Å². The van der Waals surface area contributed by atoms with Crippen LogP contribution in [0.25, 0.3) is 0 Å². The molecule has 0 aliphatic carbocycles. The van der Waals surface area contributed by atoms with Crippen molar-refractivity contribution in [2.75, 3.05) is 24.6 Å². The molecule has 1 aromatic carbocycles. The third-order valence-electron chi connectivity index (χ3n) is 3.12. The van der Waals surface area contributed by atoms with Crippen molar-refractivity contribution in [1.82, 2.24) is 4.90 Å². The molecule has 1 atom stereocenters. The number of amides is 1. The maximum Gasteiger partial charge on any atom is 0.232 e. The molecule has 3 nitrogen and oxygen atoms in total. The Morgan fingerprint density at radius 3 is 2.83 bits per heavy atom. The van der Waals surface area contributed by atoms with E-state index in [-0.39, 0.29) is 12.0 Å². The monoisotopic (exact) mass is 265 g/mol. The zero-order chi connectivity index (χ0) is 12.8. The number of benzene rings is 1. The predicted molar refractivity (Wildman–Crippen MR) is 74.7 cm³/mol. The van der Waals surface area contributed by atoms with Crippen molar-refractivity contribution in [3.63, 3.8) is 0 Å². The van der Waals surface area contributed by atoms with Gasteiger partial charge in [0.15, 0.2) is 0 Å². The fraction of sp³-hybridized carbons (Fsp3) is 0.500. The molecule has 1 fully saturated rings. The fourth-order valence-electron chi connectivity index (χ4n) is 2.05. The molecule has 1 saturated heterocycles. The molecule has 0 radical (unpaired) electrons. The number of thioether (sulfide) groups is 1. The van der Waals surface area contributed by atoms with Gasteiger partial charge in [-0.3, -0.25) is 4.79 Å². The number of aryl methyl sites for hydroxylation is 1. The number of aliphatic hydroxyl groups excluding tert-OH is 1. The molecule has 1 aromatic rings. The van der Waals surface area contributed by atoms with Gasteiger partial charge in [0.05, 0.1) is 11.9 Å². The summed E-state index contributed by atoms with van der Waals surface area (Å²) in [6.45, 7) is 1.22. The molecule has 98 valence electrons. The second-order valence-corrected chi connectivity index (χ2v) is 5.68. The standard InChI is InChI=1S/C14H19NO2S/c16-13-6-8-15(10-13)14(17)11-18-9-7-12-4-2-1-3-5-12/h1-5,13,16H,6-11H2. The Kier molecular flexibility index (Phi) is 5.08. The number of carbonyl (C=O) groups excluding carboxylic acids is 1. The number of rotatable bonds is 5. The Labute approximate surface area is 112 Å². The molecule has 0 spiro atoms. The van der Waals surface area contributed by atoms with E-state index in [0.29, 0.717) is 18.8 Å². The minimum Gasteiger partial charge on any atom is -0.391 e. The lowest BCUT2D eigenvalue weighted by molar-refractivity contribution is -0.127. The molecule has 0 saturated carbocycles. The minimum atomic E-state index is -0.316. The maximum atomic E-state index is 11.8. The van der Waals surface area contributed by atoms with Gasteiger partial charge in [-0.05, 0) is 24.2 Å². The van der Waals surface area contributed by atoms with Crippen molar-refractivity contribution in [3.8, 4) is 0 Å². The second kappa shape index (κ2) is 6.81. The number of hydrogen-bond donors (Lipinski definition) is 1. The highest BCUT2D eigenvalue weighted by molar-refractivity contribution is 7.99. The van der Waals surface area contributed by atoms with Crippen molar-refractivity contribution in [3.05, 3.63) is 35.9 Å². The molecule has 1 heterocycles. The van der Waals surface area contributed by atoms with Crippen molar-refractivity contribution in [2.24, 2.45) is 0 Å². The SMILES string of the molecule is O=C(CSCCc1ccccc1)N1CCC(O)C1. The van der Waals surface area contributed by atoms with Gasteiger partial charge >= 0.3 is 0 Å². The van der Waals surface area contributed by atoms with Crippen LogP contribution >= 0.6 is 11.8 Å². The summed E-state index contributed by atoms with van der Waals surface area (Å²) in [6, 6.07) is 10.3. The van der Waals surface area contributed by atoms with Gasteiger partial charge < -0.3 is 10.0 Å². The second-order valence-electron chi connectivity index (χ2n) is 4.57. The van der Waals surface area contributed by atoms with E-state index in [9.17, 15) is 9.90 Å². The quantitative estimate of drug-likeness (QED) is 0.821. The Balaban J connectivity index is 1.62. The van der Waals surface area contributed by atoms with E-state index in [1.165, 1.54) is 5.56 Å². The molecule has 1 aliphatic heterocycles. The largest absolute Gasteiger partial charge is 0.391 e. The molecule has 0 aromatic heterocycles. The molecule has 1 N–H and O–H groups in total. The van der Waals surface area contributed by atoms with Crippen LogP contribution in [-0.2, 0) is 11.2 Å². The van der Waals surface area contributed by atoms with Gasteiger partial charge in [-0.2, -0.15) is 11.8 Å². The number of nitrogens with zero attached hydrogens (tertiary/aromatic N) is 1. The number of β-amino-alcohol motifs (C(OH)–C–C–N with tert-alkyl or cyclic N) is 1. The summed E-state index contributed by atoms with van der Waals surface area (Å²) in [7, 11) is 0. The Bertz CT molecular complexity index is 383. The summed E-state index contributed by atoms with van der Waals surface area (Å²) < 4.78 is 0. The van der Waals surface area contributed by atoms with Gasteiger partial charge in [0.2, 0.25) is 5.91 Å². The summed E-state index contributed by atoms with van der Waals surface area (Å²) in [6.07, 6.45) is 1.41. The fourth-order valence-corrected chi connectivity index (χ4v) is 2.94. The Hall–Kier alpha value is -1.00. The molecule has 0 bridgehead atoms. The Morgan fingerprint density at radius 2 is 2.17 bits per heavy atom. The normalized spacial score (nSPS) is 19.2. The van der Waals surface area contributed by atoms with E-state index in [2.05, 4.69) is 12.1 Å². The van der Waals surface area contributed by atoms with Gasteiger partial charge in [-0.15, -0.1) is 0 Å². The summed E-state index contributed by atoms with van der Waals surface area (Å²) in [4.78, 5) is 13.6. The third-order valence-corrected chi connectivity index (χ3v) is 4.06. The van der Waals surface area contributed by atoms with Crippen LogP contribution in [0.5, 0.6) is 0 Å². The lowest BCUT2D eigenvalue weighted by atomic mass is 10.2. The van der Waals surface area contributed by atoms with Crippen LogP contribution in [0, 0.1) is 0 Å². The van der Waals surface area contributed by atoms with E-state index in [1.54, 1.807) is 16.7 Å². The number of carbonyl (C=O) groups is 1. The first-order valence-corrected chi connectivity index (χ1v) is 7.48. The van der Waals surface area contributed by atoms with Crippen molar-refractivity contribution in [1.29, 1.82) is 0 Å². The molecule has 1 aliphatic rings. The van der Waals surface area contributed by atoms with Crippen molar-refractivity contribution in [2.45, 2.75) is 18.9 Å². The van der Waals surface area contributed by atoms with E-state index < -0.39 is 0 Å². The average Bonchev–Trinajstić information content (AvgIpc) is 2.82. The van der Waals surface area contributed by atoms with Crippen LogP contribution < -0.4 is 0 Å². The van der Waals surface area contributed by atoms with Crippen LogP contribution in [0.15, 0.2) is 30.3 Å². The first kappa shape index (κ1) is 13.4. The van der Waals surface area contributed by atoms with E-state index >= 15 is 0 Å². The predicted octanol–water partition coefficient (Wildman–Crippen LogP) is 1.56. The molecular formula is C14H19NO2S. The molecule has 2 rings (SSSR count). The van der Waals surface area contributed by atoms with E-state index in [4.69, 9.17) is 0 Å². The van der Waals surface area contributed by atoms with Crippen molar-refractivity contribution < 1.29 is 9.90 Å². The molecule has 1 unspecified atom stereocenters. The first-order chi connectivity index (χ1) is 8.75. The minimum absolute atomic E-state index is 0.157. The van der Waals surface area contributed by atoms with Crippen LogP contribution in [-0.4, -0.2) is 46.6 Å². The number of hydrogen-bond acceptors (Lipinski definition) is 3. The Morgan fingerprint density at radius 1 is 1.39 bits per heavy atom. The summed E-state index contributed by atoms with van der Waals surface area (Å²) >= 11 is 1.67. The molecule has 4 heteroatoms. The lowest BCUT2D eigenvalue weighted by Crippen LogP contribution is -2.31. The zero-order valence-electron chi connectivity index (χ0n) is 10.4. The number of likely N-dealkylation sites (tertiary alicyclic amines) is 1. The van der Waals surface area contributed by atoms with Crippen LogP contribution in [0.1, 0.15) is 12.0 Å². The topological polar surface area (TPSA) is 40.5 Å². The van der Waals surface area contributed by atoms with Gasteiger partial charge in [-0.25, -0.2) is 0 Å². The highest BCUT2D eigenvalue weighted by atomic mass is 32.2. The summed E-state index contributed by atoms with van der Waals surface area (Å²) in [5, 5.41) is 9.37. The van der Waals surface area contributed by atoms with E-state index in [1.807, 2.05) is 18.2 Å². The van der Waals surface area contributed by atoms with Crippen LogP contribution in [0.3, 0.4) is 0 Å². The average molecular weight is 265 g/mol. The zero-order valence-corrected chi connectivity index (χ0v) is 11.2. The lowest BCUT2D eigenvalue weighted by Gasteiger charge is -2.14. The van der Waals surface area contributed by atoms with Crippen molar-refractivity contribution >= 4 is 17.7 Å². The maximum absolute atomic E-state index is 11.8.